The van der Waals surface area contributed by atoms with Gasteiger partial charge >= 0.3 is 5.97 Å². The number of carbonyl (C=O) groups excluding carboxylic acids is 1. The first-order chi connectivity index (χ1) is 11.1. The molecule has 2 aromatic rings. The summed E-state index contributed by atoms with van der Waals surface area (Å²) in [5.74, 6) is -0.632. The fourth-order valence-corrected chi connectivity index (χ4v) is 2.45. The van der Waals surface area contributed by atoms with E-state index >= 15 is 0 Å². The summed E-state index contributed by atoms with van der Waals surface area (Å²) in [4.78, 5) is 23.1. The highest BCUT2D eigenvalue weighted by Gasteiger charge is 2.14. The van der Waals surface area contributed by atoms with Crippen molar-refractivity contribution in [3.8, 4) is 0 Å². The molecule has 0 amide bonds. The largest absolute Gasteiger partial charge is 0.480 e. The number of ketones is 1. The summed E-state index contributed by atoms with van der Waals surface area (Å²) in [6.45, 7) is 0.421. The average molecular weight is 329 g/mol. The summed E-state index contributed by atoms with van der Waals surface area (Å²) in [5.41, 5.74) is 2.57. The van der Waals surface area contributed by atoms with Crippen LogP contribution in [0.2, 0.25) is 0 Å². The van der Waals surface area contributed by atoms with Gasteiger partial charge in [-0.2, -0.15) is 12.6 Å². The van der Waals surface area contributed by atoms with Gasteiger partial charge in [-0.05, 0) is 11.1 Å². The van der Waals surface area contributed by atoms with Crippen molar-refractivity contribution in [2.24, 2.45) is 0 Å². The molecular weight excluding hydrogens is 310 g/mol. The first-order valence-corrected chi connectivity index (χ1v) is 7.96. The standard InChI is InChI=1S/C18H19NO3S/c20-17(10-13-4-2-1-3-5-13)15-8-6-14(7-9-15)11-19-16(12-23)18(21)22/h1-9,16,19,23H,10-12H2,(H,21,22). The zero-order valence-electron chi connectivity index (χ0n) is 12.6. The highest BCUT2D eigenvalue weighted by molar-refractivity contribution is 7.80. The van der Waals surface area contributed by atoms with Crippen LogP contribution in [0.4, 0.5) is 0 Å². The van der Waals surface area contributed by atoms with Crippen LogP contribution < -0.4 is 5.32 Å². The normalized spacial score (nSPS) is 11.9. The molecule has 120 valence electrons. The molecule has 1 unspecified atom stereocenters. The van der Waals surface area contributed by atoms with Gasteiger partial charge in [0.05, 0.1) is 0 Å². The summed E-state index contributed by atoms with van der Waals surface area (Å²) in [7, 11) is 0. The summed E-state index contributed by atoms with van der Waals surface area (Å²) in [6, 6.07) is 16.2. The van der Waals surface area contributed by atoms with Gasteiger partial charge < -0.3 is 5.11 Å². The van der Waals surface area contributed by atoms with E-state index in [1.54, 1.807) is 12.1 Å². The lowest BCUT2D eigenvalue weighted by molar-refractivity contribution is -0.138. The Morgan fingerprint density at radius 3 is 2.22 bits per heavy atom. The average Bonchev–Trinajstić information content (AvgIpc) is 2.56. The van der Waals surface area contributed by atoms with E-state index in [0.29, 0.717) is 18.5 Å². The lowest BCUT2D eigenvalue weighted by atomic mass is 10.0. The van der Waals surface area contributed by atoms with E-state index in [2.05, 4.69) is 17.9 Å². The number of carboxylic acids is 1. The molecule has 0 radical (unpaired) electrons. The fourth-order valence-electron chi connectivity index (χ4n) is 2.16. The van der Waals surface area contributed by atoms with Crippen LogP contribution in [-0.2, 0) is 17.8 Å². The smallest absolute Gasteiger partial charge is 0.321 e. The van der Waals surface area contributed by atoms with E-state index in [1.807, 2.05) is 42.5 Å². The summed E-state index contributed by atoms with van der Waals surface area (Å²) in [5, 5.41) is 11.9. The summed E-state index contributed by atoms with van der Waals surface area (Å²) >= 11 is 4.00. The maximum Gasteiger partial charge on any atom is 0.321 e. The van der Waals surface area contributed by atoms with E-state index in [-0.39, 0.29) is 11.5 Å². The van der Waals surface area contributed by atoms with Crippen LogP contribution >= 0.6 is 12.6 Å². The number of nitrogens with one attached hydrogen (secondary N) is 1. The maximum atomic E-state index is 12.2. The van der Waals surface area contributed by atoms with Gasteiger partial charge in [0.2, 0.25) is 0 Å². The summed E-state index contributed by atoms with van der Waals surface area (Å²) < 4.78 is 0. The second kappa shape index (κ2) is 8.50. The van der Waals surface area contributed by atoms with Crippen molar-refractivity contribution >= 4 is 24.4 Å². The van der Waals surface area contributed by atoms with E-state index in [9.17, 15) is 9.59 Å². The quantitative estimate of drug-likeness (QED) is 0.514. The van der Waals surface area contributed by atoms with Crippen LogP contribution in [0.1, 0.15) is 21.5 Å². The number of aliphatic carboxylic acids is 1. The number of carbonyl (C=O) groups is 2. The van der Waals surface area contributed by atoms with Gasteiger partial charge in [-0.3, -0.25) is 14.9 Å². The van der Waals surface area contributed by atoms with Crippen molar-refractivity contribution in [1.29, 1.82) is 0 Å². The number of rotatable bonds is 8. The SMILES string of the molecule is O=C(Cc1ccccc1)c1ccc(CNC(CS)C(=O)O)cc1. The minimum Gasteiger partial charge on any atom is -0.480 e. The van der Waals surface area contributed by atoms with E-state index < -0.39 is 12.0 Å². The van der Waals surface area contributed by atoms with Crippen LogP contribution in [0.25, 0.3) is 0 Å². The lowest BCUT2D eigenvalue weighted by Crippen LogP contribution is -2.37. The second-order valence-electron chi connectivity index (χ2n) is 5.24. The molecule has 0 aliphatic rings. The van der Waals surface area contributed by atoms with Gasteiger partial charge in [0.25, 0.3) is 0 Å². The zero-order chi connectivity index (χ0) is 16.7. The van der Waals surface area contributed by atoms with Gasteiger partial charge in [0.1, 0.15) is 6.04 Å². The van der Waals surface area contributed by atoms with Crippen molar-refractivity contribution in [3.05, 3.63) is 71.3 Å². The maximum absolute atomic E-state index is 12.2. The molecule has 0 heterocycles. The third-order valence-corrected chi connectivity index (χ3v) is 3.88. The second-order valence-corrected chi connectivity index (χ2v) is 5.60. The van der Waals surface area contributed by atoms with Crippen molar-refractivity contribution in [2.45, 2.75) is 19.0 Å². The third kappa shape index (κ3) is 5.23. The van der Waals surface area contributed by atoms with Crippen molar-refractivity contribution in [2.75, 3.05) is 5.75 Å². The van der Waals surface area contributed by atoms with E-state index in [4.69, 9.17) is 5.11 Å². The Bertz CT molecular complexity index is 656. The van der Waals surface area contributed by atoms with Crippen LogP contribution in [0, 0.1) is 0 Å². The van der Waals surface area contributed by atoms with Crippen molar-refractivity contribution in [3.63, 3.8) is 0 Å². The molecule has 0 fully saturated rings. The molecule has 0 bridgehead atoms. The van der Waals surface area contributed by atoms with Gasteiger partial charge in [-0.1, -0.05) is 54.6 Å². The molecule has 5 heteroatoms. The predicted octanol–water partition coefficient (Wildman–Crippen LogP) is 2.58. The van der Waals surface area contributed by atoms with Crippen LogP contribution in [0.5, 0.6) is 0 Å². The number of carboxylic acid groups (broad SMARTS) is 1. The van der Waals surface area contributed by atoms with Crippen LogP contribution in [0.15, 0.2) is 54.6 Å². The Morgan fingerprint density at radius 1 is 1.00 bits per heavy atom. The topological polar surface area (TPSA) is 66.4 Å². The number of thiol groups is 1. The lowest BCUT2D eigenvalue weighted by Gasteiger charge is -2.12. The molecule has 0 spiro atoms. The number of Topliss-reactive ketones (excluding diaryl/α,β-unsaturated/α-hetero) is 1. The first-order valence-electron chi connectivity index (χ1n) is 7.33. The Hall–Kier alpha value is -2.11. The minimum atomic E-state index is -0.922. The number of hydrogen-bond acceptors (Lipinski definition) is 4. The first kappa shape index (κ1) is 17.2. The predicted molar refractivity (Wildman–Crippen MR) is 93.0 cm³/mol. The highest BCUT2D eigenvalue weighted by atomic mass is 32.1. The third-order valence-electron chi connectivity index (χ3n) is 3.52. The van der Waals surface area contributed by atoms with E-state index in [1.165, 1.54) is 0 Å². The molecule has 1 atom stereocenters. The Balaban J connectivity index is 1.94. The molecule has 0 aliphatic carbocycles. The molecule has 0 saturated heterocycles. The van der Waals surface area contributed by atoms with Crippen molar-refractivity contribution < 1.29 is 14.7 Å². The summed E-state index contributed by atoms with van der Waals surface area (Å²) in [6.07, 6.45) is 0.374. The minimum absolute atomic E-state index is 0.0643. The molecule has 2 aromatic carbocycles. The highest BCUT2D eigenvalue weighted by Crippen LogP contribution is 2.10. The zero-order valence-corrected chi connectivity index (χ0v) is 13.5. The molecule has 0 saturated carbocycles. The number of benzene rings is 2. The van der Waals surface area contributed by atoms with Gasteiger partial charge in [0, 0.05) is 24.3 Å². The molecule has 2 N–H and O–H groups in total. The molecule has 0 aromatic heterocycles. The molecule has 0 aliphatic heterocycles. The number of hydrogen-bond donors (Lipinski definition) is 3. The van der Waals surface area contributed by atoms with Gasteiger partial charge in [0.15, 0.2) is 5.78 Å². The monoisotopic (exact) mass is 329 g/mol. The van der Waals surface area contributed by atoms with Gasteiger partial charge in [-0.15, -0.1) is 0 Å². The van der Waals surface area contributed by atoms with Crippen molar-refractivity contribution in [1.82, 2.24) is 5.32 Å². The Morgan fingerprint density at radius 2 is 1.65 bits per heavy atom. The Labute approximate surface area is 141 Å². The molecule has 23 heavy (non-hydrogen) atoms. The van der Waals surface area contributed by atoms with Crippen LogP contribution in [0.3, 0.4) is 0 Å². The van der Waals surface area contributed by atoms with Crippen LogP contribution in [-0.4, -0.2) is 28.7 Å². The van der Waals surface area contributed by atoms with E-state index in [0.717, 1.165) is 11.1 Å². The Kier molecular flexibility index (Phi) is 6.38. The molecular formula is C18H19NO3S. The van der Waals surface area contributed by atoms with Gasteiger partial charge in [-0.25, -0.2) is 0 Å². The fraction of sp³-hybridized carbons (Fsp3) is 0.222. The molecule has 4 nitrogen and oxygen atoms in total. The molecule has 2 rings (SSSR count).